The van der Waals surface area contributed by atoms with E-state index < -0.39 is 0 Å². The second-order valence-corrected chi connectivity index (χ2v) is 6.55. The van der Waals surface area contributed by atoms with Gasteiger partial charge < -0.3 is 25.0 Å². The van der Waals surface area contributed by atoms with Crippen molar-refractivity contribution in [2.45, 2.75) is 31.8 Å². The Bertz CT molecular complexity index is 616. The van der Waals surface area contributed by atoms with Crippen LogP contribution in [0.15, 0.2) is 18.2 Å². The number of nitrogens with one attached hydrogen (secondary N) is 3. The number of hydrogen-bond acceptors (Lipinski definition) is 4. The Morgan fingerprint density at radius 2 is 1.88 bits per heavy atom. The molecule has 2 amide bonds. The molecule has 1 saturated carbocycles. The van der Waals surface area contributed by atoms with Gasteiger partial charge in [0.05, 0.1) is 27.3 Å². The van der Waals surface area contributed by atoms with Gasteiger partial charge in [-0.25, -0.2) is 0 Å². The number of carbonyl (C=O) groups is 2. The smallest absolute Gasteiger partial charge is 0.275 e. The standard InChI is InChI=1S/C18H27N3O4/c1-12(15-9-14(24-3)7-8-16(15)25-4)19-17(22)10-21(2)11-18(23)20-13-5-6-13/h7-9,12-13H,5-6,10-11H2,1-4H3,(H,19,22)(H,20,23)/p+1/t12-/m0/s1. The van der Waals surface area contributed by atoms with Gasteiger partial charge in [-0.1, -0.05) is 0 Å². The number of likely N-dealkylation sites (N-methyl/N-ethyl adjacent to an activating group) is 1. The number of amides is 2. The van der Waals surface area contributed by atoms with Crippen LogP contribution in [0.5, 0.6) is 11.5 Å². The summed E-state index contributed by atoms with van der Waals surface area (Å²) in [5.41, 5.74) is 0.847. The van der Waals surface area contributed by atoms with Crippen molar-refractivity contribution in [2.75, 3.05) is 34.4 Å². The molecular formula is C18H28N3O4+. The van der Waals surface area contributed by atoms with E-state index in [0.29, 0.717) is 24.1 Å². The van der Waals surface area contributed by atoms with Gasteiger partial charge in [0.1, 0.15) is 11.5 Å². The highest BCUT2D eigenvalue weighted by atomic mass is 16.5. The van der Waals surface area contributed by atoms with E-state index in [0.717, 1.165) is 23.3 Å². The third kappa shape index (κ3) is 5.94. The van der Waals surface area contributed by atoms with Crippen molar-refractivity contribution >= 4 is 11.8 Å². The molecule has 138 valence electrons. The summed E-state index contributed by atoms with van der Waals surface area (Å²) in [6, 6.07) is 5.59. The molecule has 3 N–H and O–H groups in total. The monoisotopic (exact) mass is 350 g/mol. The molecule has 0 aliphatic heterocycles. The van der Waals surface area contributed by atoms with Crippen molar-refractivity contribution in [1.82, 2.24) is 10.6 Å². The topological polar surface area (TPSA) is 81.1 Å². The van der Waals surface area contributed by atoms with Gasteiger partial charge >= 0.3 is 0 Å². The van der Waals surface area contributed by atoms with Gasteiger partial charge in [-0.2, -0.15) is 0 Å². The van der Waals surface area contributed by atoms with Crippen molar-refractivity contribution < 1.29 is 24.0 Å². The lowest BCUT2D eigenvalue weighted by atomic mass is 10.1. The van der Waals surface area contributed by atoms with Crippen LogP contribution in [0.4, 0.5) is 0 Å². The fraction of sp³-hybridized carbons (Fsp3) is 0.556. The van der Waals surface area contributed by atoms with E-state index in [1.54, 1.807) is 14.2 Å². The van der Waals surface area contributed by atoms with E-state index in [4.69, 9.17) is 9.47 Å². The molecule has 0 saturated heterocycles. The molecule has 25 heavy (non-hydrogen) atoms. The van der Waals surface area contributed by atoms with E-state index in [1.165, 1.54) is 0 Å². The minimum atomic E-state index is -0.231. The first-order valence-electron chi connectivity index (χ1n) is 8.55. The number of rotatable bonds is 9. The molecule has 0 bridgehead atoms. The molecule has 7 heteroatoms. The van der Waals surface area contributed by atoms with Crippen LogP contribution in [0.2, 0.25) is 0 Å². The molecule has 1 fully saturated rings. The van der Waals surface area contributed by atoms with Crippen molar-refractivity contribution in [3.8, 4) is 11.5 Å². The van der Waals surface area contributed by atoms with Crippen molar-refractivity contribution in [3.63, 3.8) is 0 Å². The summed E-state index contributed by atoms with van der Waals surface area (Å²) < 4.78 is 10.6. The highest BCUT2D eigenvalue weighted by Gasteiger charge is 2.25. The second-order valence-electron chi connectivity index (χ2n) is 6.55. The minimum Gasteiger partial charge on any atom is -0.497 e. The summed E-state index contributed by atoms with van der Waals surface area (Å²) in [6.07, 6.45) is 2.12. The molecule has 0 heterocycles. The normalized spacial score (nSPS) is 15.8. The van der Waals surface area contributed by atoms with E-state index in [-0.39, 0.29) is 24.4 Å². The SMILES string of the molecule is COc1ccc(OC)c([C@H](C)NC(=O)C[NH+](C)CC(=O)NC2CC2)c1. The first kappa shape index (κ1) is 19.1. The predicted octanol–water partition coefficient (Wildman–Crippen LogP) is -0.326. The summed E-state index contributed by atoms with van der Waals surface area (Å²) in [5.74, 6) is 1.28. The fourth-order valence-electron chi connectivity index (χ4n) is 2.67. The Labute approximate surface area is 148 Å². The largest absolute Gasteiger partial charge is 0.497 e. The average molecular weight is 350 g/mol. The lowest BCUT2D eigenvalue weighted by Gasteiger charge is -2.19. The van der Waals surface area contributed by atoms with Crippen LogP contribution in [0, 0.1) is 0 Å². The Balaban J connectivity index is 1.87. The van der Waals surface area contributed by atoms with Crippen LogP contribution >= 0.6 is 0 Å². The maximum Gasteiger partial charge on any atom is 0.275 e. The third-order valence-corrected chi connectivity index (χ3v) is 4.15. The Kier molecular flexibility index (Phi) is 6.64. The van der Waals surface area contributed by atoms with Gasteiger partial charge in [-0.3, -0.25) is 9.59 Å². The molecule has 1 unspecified atom stereocenters. The molecular weight excluding hydrogens is 322 g/mol. The zero-order valence-corrected chi connectivity index (χ0v) is 15.3. The highest BCUT2D eigenvalue weighted by Crippen LogP contribution is 2.29. The molecule has 1 aromatic carbocycles. The average Bonchev–Trinajstić information content (AvgIpc) is 3.37. The summed E-state index contributed by atoms with van der Waals surface area (Å²) in [7, 11) is 5.03. The zero-order chi connectivity index (χ0) is 18.4. The second kappa shape index (κ2) is 8.71. The van der Waals surface area contributed by atoms with E-state index in [1.807, 2.05) is 32.2 Å². The van der Waals surface area contributed by atoms with E-state index in [2.05, 4.69) is 10.6 Å². The van der Waals surface area contributed by atoms with Crippen LogP contribution in [0.25, 0.3) is 0 Å². The molecule has 2 rings (SSSR count). The number of benzene rings is 1. The van der Waals surface area contributed by atoms with E-state index in [9.17, 15) is 9.59 Å². The van der Waals surface area contributed by atoms with Crippen LogP contribution < -0.4 is 25.0 Å². The van der Waals surface area contributed by atoms with Gasteiger partial charge in [-0.05, 0) is 38.0 Å². The molecule has 7 nitrogen and oxygen atoms in total. The maximum atomic E-state index is 12.3. The number of ether oxygens (including phenoxy) is 2. The van der Waals surface area contributed by atoms with Crippen LogP contribution in [0.1, 0.15) is 31.4 Å². The Hall–Kier alpha value is -2.28. The summed E-state index contributed by atoms with van der Waals surface area (Å²) in [5, 5.41) is 5.88. The predicted molar refractivity (Wildman–Crippen MR) is 93.9 cm³/mol. The Morgan fingerprint density at radius 1 is 1.20 bits per heavy atom. The zero-order valence-electron chi connectivity index (χ0n) is 15.3. The summed E-state index contributed by atoms with van der Waals surface area (Å²) >= 11 is 0. The van der Waals surface area contributed by atoms with E-state index >= 15 is 0 Å². The first-order chi connectivity index (χ1) is 11.9. The third-order valence-electron chi connectivity index (χ3n) is 4.15. The lowest BCUT2D eigenvalue weighted by Crippen LogP contribution is -3.11. The fourth-order valence-corrected chi connectivity index (χ4v) is 2.67. The molecule has 0 spiro atoms. The van der Waals surface area contributed by atoms with Crippen LogP contribution in [-0.4, -0.2) is 52.2 Å². The molecule has 0 aromatic heterocycles. The molecule has 1 aliphatic rings. The number of hydrogen-bond donors (Lipinski definition) is 3. The number of methoxy groups -OCH3 is 2. The van der Waals surface area contributed by atoms with Crippen LogP contribution in [0.3, 0.4) is 0 Å². The minimum absolute atomic E-state index is 0.00434. The van der Waals surface area contributed by atoms with Crippen molar-refractivity contribution in [2.24, 2.45) is 0 Å². The quantitative estimate of drug-likeness (QED) is 0.570. The van der Waals surface area contributed by atoms with Gasteiger partial charge in [-0.15, -0.1) is 0 Å². The number of quaternary nitrogens is 1. The van der Waals surface area contributed by atoms with Gasteiger partial charge in [0.15, 0.2) is 13.1 Å². The van der Waals surface area contributed by atoms with Gasteiger partial charge in [0, 0.05) is 11.6 Å². The summed E-state index contributed by atoms with van der Waals surface area (Å²) in [4.78, 5) is 24.9. The Morgan fingerprint density at radius 3 is 2.48 bits per heavy atom. The number of carbonyl (C=O) groups excluding carboxylic acids is 2. The maximum absolute atomic E-state index is 12.3. The molecule has 2 atom stereocenters. The summed E-state index contributed by atoms with van der Waals surface area (Å²) in [6.45, 7) is 2.42. The molecule has 1 aromatic rings. The first-order valence-corrected chi connectivity index (χ1v) is 8.55. The molecule has 1 aliphatic carbocycles. The lowest BCUT2D eigenvalue weighted by molar-refractivity contribution is -0.862. The van der Waals surface area contributed by atoms with Crippen molar-refractivity contribution in [3.05, 3.63) is 23.8 Å². The molecule has 0 radical (unpaired) electrons. The highest BCUT2D eigenvalue weighted by molar-refractivity contribution is 5.79. The van der Waals surface area contributed by atoms with Gasteiger partial charge in [0.2, 0.25) is 0 Å². The van der Waals surface area contributed by atoms with Gasteiger partial charge in [0.25, 0.3) is 11.8 Å². The van der Waals surface area contributed by atoms with Crippen molar-refractivity contribution in [1.29, 1.82) is 0 Å². The van der Waals surface area contributed by atoms with Crippen LogP contribution in [-0.2, 0) is 9.59 Å².